The molecule has 112 valence electrons. The first-order chi connectivity index (χ1) is 9.20. The average molecular weight is 272 g/mol. The lowest BCUT2D eigenvalue weighted by Crippen LogP contribution is -2.22. The van der Waals surface area contributed by atoms with Crippen LogP contribution in [0.15, 0.2) is 0 Å². The first-order valence-corrected chi connectivity index (χ1v) is 7.61. The Hall–Kier alpha value is -0.450. The molecule has 0 radical (unpaired) electrons. The minimum atomic E-state index is -0.519. The van der Waals surface area contributed by atoms with Crippen LogP contribution in [0.25, 0.3) is 0 Å². The van der Waals surface area contributed by atoms with Gasteiger partial charge in [-0.2, -0.15) is 0 Å². The Labute approximate surface area is 115 Å². The van der Waals surface area contributed by atoms with Crippen LogP contribution in [0.4, 0.5) is 0 Å². The summed E-state index contributed by atoms with van der Waals surface area (Å²) in [6.07, 6.45) is 8.00. The number of aldehydes is 1. The molecule has 0 aromatic heterocycles. The summed E-state index contributed by atoms with van der Waals surface area (Å²) in [4.78, 5) is 10.6. The van der Waals surface area contributed by atoms with E-state index in [1.807, 2.05) is 0 Å². The van der Waals surface area contributed by atoms with Gasteiger partial charge in [-0.1, -0.05) is 32.1 Å². The number of hydrogen-bond donors (Lipinski definition) is 3. The lowest BCUT2D eigenvalue weighted by atomic mass is 9.87. The molecule has 4 heteroatoms. The van der Waals surface area contributed by atoms with Crippen LogP contribution in [0.5, 0.6) is 0 Å². The van der Waals surface area contributed by atoms with Crippen molar-refractivity contribution in [2.45, 2.75) is 70.0 Å². The quantitative estimate of drug-likeness (QED) is 0.417. The highest BCUT2D eigenvalue weighted by molar-refractivity contribution is 5.50. The highest BCUT2D eigenvalue weighted by Crippen LogP contribution is 2.37. The topological polar surface area (TPSA) is 77.8 Å². The second-order valence-electron chi connectivity index (χ2n) is 5.73. The maximum absolute atomic E-state index is 10.6. The zero-order valence-electron chi connectivity index (χ0n) is 11.7. The molecule has 0 heterocycles. The predicted octanol–water partition coefficient (Wildman–Crippen LogP) is 1.66. The Morgan fingerprint density at radius 2 is 1.47 bits per heavy atom. The van der Waals surface area contributed by atoms with Crippen LogP contribution in [0.3, 0.4) is 0 Å². The Bertz CT molecular complexity index is 244. The molecular formula is C15H28O4. The fourth-order valence-corrected chi connectivity index (χ4v) is 3.22. The van der Waals surface area contributed by atoms with Crippen molar-refractivity contribution in [1.29, 1.82) is 0 Å². The minimum absolute atomic E-state index is 0.0538. The van der Waals surface area contributed by atoms with Crippen molar-refractivity contribution >= 4 is 6.29 Å². The third-order valence-corrected chi connectivity index (χ3v) is 4.34. The second kappa shape index (κ2) is 9.45. The van der Waals surface area contributed by atoms with E-state index in [-0.39, 0.29) is 18.4 Å². The van der Waals surface area contributed by atoms with E-state index in [2.05, 4.69) is 0 Å². The SMILES string of the molecule is O=CC[C@H]1[C@H](CCCCCCCCO)[C@H](O)C[C@H]1O. The number of aliphatic hydroxyl groups excluding tert-OH is 3. The lowest BCUT2D eigenvalue weighted by molar-refractivity contribution is -0.109. The van der Waals surface area contributed by atoms with Gasteiger partial charge in [0.15, 0.2) is 0 Å². The molecule has 0 amide bonds. The lowest BCUT2D eigenvalue weighted by Gasteiger charge is -2.21. The van der Waals surface area contributed by atoms with Gasteiger partial charge >= 0.3 is 0 Å². The normalized spacial score (nSPS) is 30.7. The zero-order chi connectivity index (χ0) is 14.1. The fraction of sp³-hybridized carbons (Fsp3) is 0.933. The third kappa shape index (κ3) is 5.59. The smallest absolute Gasteiger partial charge is 0.120 e. The summed E-state index contributed by atoms with van der Waals surface area (Å²) in [7, 11) is 0. The molecule has 0 bridgehead atoms. The Balaban J connectivity index is 2.17. The highest BCUT2D eigenvalue weighted by atomic mass is 16.3. The maximum Gasteiger partial charge on any atom is 0.120 e. The van der Waals surface area contributed by atoms with Gasteiger partial charge < -0.3 is 20.1 Å². The molecule has 0 saturated heterocycles. The van der Waals surface area contributed by atoms with Crippen molar-refractivity contribution in [3.05, 3.63) is 0 Å². The van der Waals surface area contributed by atoms with Gasteiger partial charge in [0.2, 0.25) is 0 Å². The zero-order valence-corrected chi connectivity index (χ0v) is 11.7. The summed E-state index contributed by atoms with van der Waals surface area (Å²) in [6.45, 7) is 0.277. The molecule has 1 fully saturated rings. The van der Waals surface area contributed by atoms with E-state index in [0.717, 1.165) is 51.2 Å². The number of carbonyl (C=O) groups is 1. The molecule has 1 saturated carbocycles. The molecule has 1 aliphatic rings. The number of carbonyl (C=O) groups excluding carboxylic acids is 1. The molecule has 19 heavy (non-hydrogen) atoms. The first-order valence-electron chi connectivity index (χ1n) is 7.61. The van der Waals surface area contributed by atoms with Crippen molar-refractivity contribution < 1.29 is 20.1 Å². The van der Waals surface area contributed by atoms with Crippen LogP contribution in [-0.4, -0.2) is 40.4 Å². The van der Waals surface area contributed by atoms with Crippen LogP contribution in [0.2, 0.25) is 0 Å². The Morgan fingerprint density at radius 3 is 2.11 bits per heavy atom. The highest BCUT2D eigenvalue weighted by Gasteiger charge is 2.40. The molecular weight excluding hydrogens is 244 g/mol. The first kappa shape index (κ1) is 16.6. The molecule has 1 aliphatic carbocycles. The predicted molar refractivity (Wildman–Crippen MR) is 73.7 cm³/mol. The van der Waals surface area contributed by atoms with Crippen LogP contribution < -0.4 is 0 Å². The summed E-state index contributed by atoms with van der Waals surface area (Å²) in [5, 5.41) is 28.4. The largest absolute Gasteiger partial charge is 0.396 e. The van der Waals surface area contributed by atoms with E-state index in [1.54, 1.807) is 0 Å². The van der Waals surface area contributed by atoms with E-state index < -0.39 is 12.2 Å². The minimum Gasteiger partial charge on any atom is -0.396 e. The molecule has 0 aromatic carbocycles. The van der Waals surface area contributed by atoms with E-state index in [9.17, 15) is 15.0 Å². The van der Waals surface area contributed by atoms with Crippen molar-refractivity contribution in [3.8, 4) is 0 Å². The summed E-state index contributed by atoms with van der Waals surface area (Å²) in [5.41, 5.74) is 0. The molecule has 0 aromatic rings. The van der Waals surface area contributed by atoms with Gasteiger partial charge in [0.05, 0.1) is 12.2 Å². The van der Waals surface area contributed by atoms with Crippen molar-refractivity contribution in [2.75, 3.05) is 6.61 Å². The summed E-state index contributed by atoms with van der Waals surface area (Å²) in [5.74, 6) is 0.0273. The van der Waals surface area contributed by atoms with Gasteiger partial charge in [-0.3, -0.25) is 0 Å². The number of aliphatic hydroxyl groups is 3. The van der Waals surface area contributed by atoms with E-state index in [0.29, 0.717) is 12.8 Å². The number of rotatable bonds is 10. The second-order valence-corrected chi connectivity index (χ2v) is 5.73. The van der Waals surface area contributed by atoms with Crippen LogP contribution >= 0.6 is 0 Å². The monoisotopic (exact) mass is 272 g/mol. The van der Waals surface area contributed by atoms with Gasteiger partial charge in [-0.15, -0.1) is 0 Å². The van der Waals surface area contributed by atoms with E-state index >= 15 is 0 Å². The average Bonchev–Trinajstić information content (AvgIpc) is 2.64. The molecule has 4 atom stereocenters. The molecule has 0 spiro atoms. The maximum atomic E-state index is 10.6. The van der Waals surface area contributed by atoms with Crippen LogP contribution in [-0.2, 0) is 4.79 Å². The molecule has 3 N–H and O–H groups in total. The van der Waals surface area contributed by atoms with Crippen molar-refractivity contribution in [1.82, 2.24) is 0 Å². The fourth-order valence-electron chi connectivity index (χ4n) is 3.22. The standard InChI is InChI=1S/C15H28O4/c16-9-6-4-2-1-3-5-7-12-13(8-10-17)15(19)11-14(12)18/h10,12-16,18-19H,1-9,11H2/t12-,13-,14+,15+/m0/s1. The van der Waals surface area contributed by atoms with Gasteiger partial charge in [0.25, 0.3) is 0 Å². The van der Waals surface area contributed by atoms with Gasteiger partial charge in [-0.25, -0.2) is 0 Å². The number of hydrogen-bond acceptors (Lipinski definition) is 4. The van der Waals surface area contributed by atoms with Gasteiger partial charge in [0, 0.05) is 13.0 Å². The van der Waals surface area contributed by atoms with E-state index in [1.165, 1.54) is 0 Å². The van der Waals surface area contributed by atoms with Crippen LogP contribution in [0.1, 0.15) is 57.8 Å². The third-order valence-electron chi connectivity index (χ3n) is 4.34. The van der Waals surface area contributed by atoms with Gasteiger partial charge in [0.1, 0.15) is 6.29 Å². The van der Waals surface area contributed by atoms with Crippen molar-refractivity contribution in [2.24, 2.45) is 11.8 Å². The summed E-state index contributed by atoms with van der Waals surface area (Å²) < 4.78 is 0. The van der Waals surface area contributed by atoms with E-state index in [4.69, 9.17) is 5.11 Å². The van der Waals surface area contributed by atoms with Crippen molar-refractivity contribution in [3.63, 3.8) is 0 Å². The summed E-state index contributed by atoms with van der Waals surface area (Å²) >= 11 is 0. The summed E-state index contributed by atoms with van der Waals surface area (Å²) in [6, 6.07) is 0. The van der Waals surface area contributed by atoms with Gasteiger partial charge in [-0.05, 0) is 31.1 Å². The molecule has 4 nitrogen and oxygen atoms in total. The van der Waals surface area contributed by atoms with Crippen LogP contribution in [0, 0.1) is 11.8 Å². The molecule has 0 aliphatic heterocycles. The Morgan fingerprint density at radius 1 is 0.895 bits per heavy atom. The Kier molecular flexibility index (Phi) is 8.26. The molecule has 0 unspecified atom stereocenters. The molecule has 1 rings (SSSR count). The number of unbranched alkanes of at least 4 members (excludes halogenated alkanes) is 5.